The minimum atomic E-state index is -0.617. The predicted molar refractivity (Wildman–Crippen MR) is 44.8 cm³/mol. The van der Waals surface area contributed by atoms with E-state index in [0.717, 1.165) is 13.1 Å². The first kappa shape index (κ1) is 8.05. The first-order valence-corrected chi connectivity index (χ1v) is 4.33. The van der Waals surface area contributed by atoms with Crippen LogP contribution < -0.4 is 0 Å². The normalized spacial score (nSPS) is 52.1. The minimum absolute atomic E-state index is 0.0353. The van der Waals surface area contributed by atoms with Gasteiger partial charge in [-0.3, -0.25) is 4.79 Å². The van der Waals surface area contributed by atoms with Crippen LogP contribution in [0, 0.1) is 16.7 Å². The molecule has 1 saturated carbocycles. The van der Waals surface area contributed by atoms with Crippen molar-refractivity contribution in [3.05, 3.63) is 0 Å². The fourth-order valence-electron chi connectivity index (χ4n) is 3.22. The number of aliphatic carboxylic acids is 1. The van der Waals surface area contributed by atoms with Gasteiger partial charge in [0.2, 0.25) is 0 Å². The molecular formula is C9H15NO2. The van der Waals surface area contributed by atoms with Crippen molar-refractivity contribution < 1.29 is 9.90 Å². The van der Waals surface area contributed by atoms with Gasteiger partial charge in [-0.15, -0.1) is 0 Å². The van der Waals surface area contributed by atoms with Crippen LogP contribution in [0.3, 0.4) is 0 Å². The van der Waals surface area contributed by atoms with Gasteiger partial charge in [0.1, 0.15) is 0 Å². The van der Waals surface area contributed by atoms with Crippen LogP contribution in [0.25, 0.3) is 0 Å². The van der Waals surface area contributed by atoms with E-state index >= 15 is 0 Å². The fraction of sp³-hybridized carbons (Fsp3) is 0.889. The lowest BCUT2D eigenvalue weighted by molar-refractivity contribution is -0.140. The molecule has 0 aromatic rings. The lowest BCUT2D eigenvalue weighted by atomic mass is 10.0. The molecule has 1 heterocycles. The van der Waals surface area contributed by atoms with E-state index in [1.807, 2.05) is 0 Å². The molecule has 0 bridgehead atoms. The second-order valence-corrected chi connectivity index (χ2v) is 4.78. The zero-order valence-corrected chi connectivity index (χ0v) is 7.79. The number of hydrogen-bond donors (Lipinski definition) is 1. The summed E-state index contributed by atoms with van der Waals surface area (Å²) in [6.07, 6.45) is 0. The van der Waals surface area contributed by atoms with Crippen molar-refractivity contribution in [1.29, 1.82) is 0 Å². The molecule has 1 aliphatic heterocycles. The Labute approximate surface area is 72.4 Å². The maximum Gasteiger partial charge on any atom is 0.307 e. The molecule has 68 valence electrons. The van der Waals surface area contributed by atoms with Crippen molar-refractivity contribution in [3.63, 3.8) is 0 Å². The number of nitrogens with zero attached hydrogens (tertiary/aromatic N) is 1. The zero-order chi connectivity index (χ0) is 9.15. The first-order chi connectivity index (χ1) is 5.42. The summed E-state index contributed by atoms with van der Waals surface area (Å²) in [6, 6.07) is 0. The third kappa shape index (κ3) is 0.637. The summed E-state index contributed by atoms with van der Waals surface area (Å²) in [6.45, 7) is 6.05. The topological polar surface area (TPSA) is 40.5 Å². The lowest BCUT2D eigenvalue weighted by Crippen LogP contribution is -2.26. The second kappa shape index (κ2) is 1.84. The Balaban J connectivity index is 2.25. The summed E-state index contributed by atoms with van der Waals surface area (Å²) in [4.78, 5) is 13.1. The SMILES string of the molecule is CN1C[C@@]2(C)C(C(=O)O)[C@@]2(C)C1. The highest BCUT2D eigenvalue weighted by atomic mass is 16.4. The van der Waals surface area contributed by atoms with Crippen LogP contribution in [-0.2, 0) is 4.79 Å². The van der Waals surface area contributed by atoms with Gasteiger partial charge in [-0.2, -0.15) is 0 Å². The number of carbonyl (C=O) groups is 1. The third-order valence-electron chi connectivity index (χ3n) is 3.94. The molecule has 0 radical (unpaired) electrons. The van der Waals surface area contributed by atoms with E-state index in [2.05, 4.69) is 25.8 Å². The van der Waals surface area contributed by atoms with E-state index in [1.54, 1.807) is 0 Å². The largest absolute Gasteiger partial charge is 0.481 e. The summed E-state index contributed by atoms with van der Waals surface area (Å²) < 4.78 is 0. The molecule has 12 heavy (non-hydrogen) atoms. The van der Waals surface area contributed by atoms with Gasteiger partial charge in [-0.25, -0.2) is 0 Å². The monoisotopic (exact) mass is 169 g/mol. The van der Waals surface area contributed by atoms with Gasteiger partial charge in [0, 0.05) is 23.9 Å². The van der Waals surface area contributed by atoms with Crippen molar-refractivity contribution in [2.45, 2.75) is 13.8 Å². The third-order valence-corrected chi connectivity index (χ3v) is 3.94. The average Bonchev–Trinajstić information content (AvgIpc) is 2.15. The summed E-state index contributed by atoms with van der Waals surface area (Å²) in [5.74, 6) is -0.728. The molecule has 0 spiro atoms. The number of likely N-dealkylation sites (tertiary alicyclic amines) is 1. The standard InChI is InChI=1S/C9H15NO2/c1-8-4-10(3)5-9(8,2)6(8)7(11)12/h6H,4-5H2,1-3H3,(H,11,12)/t6?,8-,9+. The Bertz CT molecular complexity index is 235. The molecule has 1 unspecified atom stereocenters. The molecule has 2 fully saturated rings. The van der Waals surface area contributed by atoms with Gasteiger partial charge in [0.15, 0.2) is 0 Å². The molecule has 1 N–H and O–H groups in total. The van der Waals surface area contributed by atoms with Crippen molar-refractivity contribution in [3.8, 4) is 0 Å². The smallest absolute Gasteiger partial charge is 0.307 e. The highest BCUT2D eigenvalue weighted by molar-refractivity contribution is 5.77. The van der Waals surface area contributed by atoms with Gasteiger partial charge in [-0.1, -0.05) is 13.8 Å². The molecule has 0 aromatic carbocycles. The zero-order valence-electron chi connectivity index (χ0n) is 7.79. The number of piperidine rings is 1. The number of fused-ring (bicyclic) bond motifs is 1. The Morgan fingerprint density at radius 1 is 1.42 bits per heavy atom. The summed E-state index contributed by atoms with van der Waals surface area (Å²) in [5, 5.41) is 8.96. The molecule has 3 heteroatoms. The maximum atomic E-state index is 10.9. The van der Waals surface area contributed by atoms with E-state index in [1.165, 1.54) is 0 Å². The Kier molecular flexibility index (Phi) is 1.24. The van der Waals surface area contributed by atoms with Gasteiger partial charge >= 0.3 is 5.97 Å². The minimum Gasteiger partial charge on any atom is -0.481 e. The van der Waals surface area contributed by atoms with Crippen molar-refractivity contribution in [2.75, 3.05) is 20.1 Å². The Morgan fingerprint density at radius 2 is 1.83 bits per heavy atom. The number of carboxylic acid groups (broad SMARTS) is 1. The van der Waals surface area contributed by atoms with Crippen molar-refractivity contribution in [2.24, 2.45) is 16.7 Å². The van der Waals surface area contributed by atoms with Crippen LogP contribution in [-0.4, -0.2) is 36.1 Å². The van der Waals surface area contributed by atoms with Gasteiger partial charge < -0.3 is 10.0 Å². The summed E-state index contributed by atoms with van der Waals surface area (Å²) in [7, 11) is 2.06. The Hall–Kier alpha value is -0.570. The van der Waals surface area contributed by atoms with Crippen LogP contribution in [0.2, 0.25) is 0 Å². The maximum absolute atomic E-state index is 10.9. The average molecular weight is 169 g/mol. The van der Waals surface area contributed by atoms with Crippen LogP contribution in [0.4, 0.5) is 0 Å². The van der Waals surface area contributed by atoms with Crippen molar-refractivity contribution >= 4 is 5.97 Å². The lowest BCUT2D eigenvalue weighted by Gasteiger charge is -2.15. The summed E-state index contributed by atoms with van der Waals surface area (Å²) in [5.41, 5.74) is 0.0706. The summed E-state index contributed by atoms with van der Waals surface area (Å²) >= 11 is 0. The van der Waals surface area contributed by atoms with Crippen molar-refractivity contribution in [1.82, 2.24) is 4.90 Å². The van der Waals surface area contributed by atoms with Crippen LogP contribution in [0.1, 0.15) is 13.8 Å². The molecule has 1 saturated heterocycles. The molecule has 2 rings (SSSR count). The van der Waals surface area contributed by atoms with Crippen LogP contribution in [0.15, 0.2) is 0 Å². The highest BCUT2D eigenvalue weighted by Crippen LogP contribution is 2.72. The van der Waals surface area contributed by atoms with E-state index in [-0.39, 0.29) is 16.7 Å². The van der Waals surface area contributed by atoms with Gasteiger partial charge in [0.05, 0.1) is 5.92 Å². The molecule has 1 aliphatic carbocycles. The van der Waals surface area contributed by atoms with Crippen LogP contribution in [0.5, 0.6) is 0 Å². The van der Waals surface area contributed by atoms with E-state index < -0.39 is 5.97 Å². The number of rotatable bonds is 1. The quantitative estimate of drug-likeness (QED) is 0.627. The highest BCUT2D eigenvalue weighted by Gasteiger charge is 2.77. The molecule has 3 atom stereocenters. The molecule has 2 aliphatic rings. The number of hydrogen-bond acceptors (Lipinski definition) is 2. The van der Waals surface area contributed by atoms with Gasteiger partial charge in [0.25, 0.3) is 0 Å². The molecule has 3 nitrogen and oxygen atoms in total. The Morgan fingerprint density at radius 3 is 2.17 bits per heavy atom. The first-order valence-electron chi connectivity index (χ1n) is 4.33. The van der Waals surface area contributed by atoms with E-state index in [4.69, 9.17) is 5.11 Å². The van der Waals surface area contributed by atoms with Crippen LogP contribution >= 0.6 is 0 Å². The predicted octanol–water partition coefficient (Wildman–Crippen LogP) is 0.659. The molecular weight excluding hydrogens is 154 g/mol. The van der Waals surface area contributed by atoms with E-state index in [0.29, 0.717) is 0 Å². The molecule has 0 amide bonds. The second-order valence-electron chi connectivity index (χ2n) is 4.78. The van der Waals surface area contributed by atoms with E-state index in [9.17, 15) is 4.79 Å². The number of carboxylic acids is 1. The fourth-order valence-corrected chi connectivity index (χ4v) is 3.22. The van der Waals surface area contributed by atoms with Gasteiger partial charge in [-0.05, 0) is 7.05 Å². The molecule has 0 aromatic heterocycles.